The fraction of sp³-hybridized carbons (Fsp3) is 0.294. The highest BCUT2D eigenvalue weighted by Gasteiger charge is 2.06. The zero-order valence-electron chi connectivity index (χ0n) is 12.1. The number of nitrogens with two attached hydrogens (primary N) is 1. The lowest BCUT2D eigenvalue weighted by Crippen LogP contribution is -2.01. The summed E-state index contributed by atoms with van der Waals surface area (Å²) in [6.45, 7) is 6.76. The van der Waals surface area contributed by atoms with Crippen LogP contribution < -0.4 is 10.5 Å². The van der Waals surface area contributed by atoms with E-state index < -0.39 is 0 Å². The minimum absolute atomic E-state index is 0.330. The first kappa shape index (κ1) is 14.4. The van der Waals surface area contributed by atoms with Gasteiger partial charge in [-0.2, -0.15) is 0 Å². The smallest absolute Gasteiger partial charge is 0.125 e. The molecule has 106 valence electrons. The lowest BCUT2D eigenvalue weighted by atomic mass is 9.98. The summed E-state index contributed by atoms with van der Waals surface area (Å²) in [6, 6.07) is 10.4. The molecule has 0 amide bonds. The first-order chi connectivity index (χ1) is 9.47. The number of nitrogen functional groups attached to an aromatic ring is 1. The minimum Gasteiger partial charge on any atom is -0.489 e. The van der Waals surface area contributed by atoms with Crippen molar-refractivity contribution in [1.82, 2.24) is 0 Å². The number of halogens is 1. The van der Waals surface area contributed by atoms with Crippen LogP contribution in [0.4, 0.5) is 10.1 Å². The Morgan fingerprint density at radius 1 is 1.15 bits per heavy atom. The fourth-order valence-electron chi connectivity index (χ4n) is 2.24. The van der Waals surface area contributed by atoms with Crippen LogP contribution in [-0.4, -0.2) is 0 Å². The molecule has 0 spiro atoms. The highest BCUT2D eigenvalue weighted by molar-refractivity contribution is 5.46. The van der Waals surface area contributed by atoms with Gasteiger partial charge in [0.1, 0.15) is 18.2 Å². The van der Waals surface area contributed by atoms with Gasteiger partial charge in [0.15, 0.2) is 0 Å². The molecule has 3 heteroatoms. The Kier molecular flexibility index (Phi) is 4.28. The third-order valence-corrected chi connectivity index (χ3v) is 3.37. The Balaban J connectivity index is 2.09. The lowest BCUT2D eigenvalue weighted by Gasteiger charge is -2.13. The van der Waals surface area contributed by atoms with Crippen molar-refractivity contribution in [2.75, 3.05) is 5.73 Å². The summed E-state index contributed by atoms with van der Waals surface area (Å²) in [6.07, 6.45) is 0. The first-order valence-corrected chi connectivity index (χ1v) is 6.74. The van der Waals surface area contributed by atoms with Crippen molar-refractivity contribution in [3.05, 3.63) is 58.9 Å². The molecule has 0 fully saturated rings. The molecule has 2 aromatic rings. The normalized spacial score (nSPS) is 10.8. The van der Waals surface area contributed by atoms with Gasteiger partial charge in [-0.3, -0.25) is 0 Å². The van der Waals surface area contributed by atoms with Crippen LogP contribution in [0.25, 0.3) is 0 Å². The second kappa shape index (κ2) is 5.95. The van der Waals surface area contributed by atoms with Gasteiger partial charge in [0.05, 0.1) is 0 Å². The molecule has 0 unspecified atom stereocenters. The van der Waals surface area contributed by atoms with E-state index in [0.717, 1.165) is 11.3 Å². The molecule has 0 aliphatic carbocycles. The maximum absolute atomic E-state index is 13.0. The molecule has 0 aliphatic heterocycles. The Morgan fingerprint density at radius 3 is 2.50 bits per heavy atom. The molecular weight excluding hydrogens is 253 g/mol. The molecule has 2 aromatic carbocycles. The average molecular weight is 273 g/mol. The standard InChI is InChI=1S/C17H20FNO/c1-11(2)16-7-6-15(8-12(16)3)20-10-13-4-5-14(18)9-17(13)19/h4-9,11H,10,19H2,1-3H3. The molecule has 0 saturated heterocycles. The van der Waals surface area contributed by atoms with Gasteiger partial charge in [-0.25, -0.2) is 4.39 Å². The van der Waals surface area contributed by atoms with E-state index in [4.69, 9.17) is 10.5 Å². The summed E-state index contributed by atoms with van der Waals surface area (Å²) >= 11 is 0. The van der Waals surface area contributed by atoms with Crippen LogP contribution in [0.5, 0.6) is 5.75 Å². The van der Waals surface area contributed by atoms with Gasteiger partial charge in [-0.1, -0.05) is 26.0 Å². The van der Waals surface area contributed by atoms with E-state index in [2.05, 4.69) is 26.8 Å². The van der Waals surface area contributed by atoms with Crippen molar-refractivity contribution in [1.29, 1.82) is 0 Å². The van der Waals surface area contributed by atoms with Crippen molar-refractivity contribution in [2.24, 2.45) is 0 Å². The van der Waals surface area contributed by atoms with E-state index in [1.807, 2.05) is 12.1 Å². The maximum atomic E-state index is 13.0. The Bertz CT molecular complexity index is 608. The molecule has 0 aromatic heterocycles. The molecule has 2 nitrogen and oxygen atoms in total. The quantitative estimate of drug-likeness (QED) is 0.837. The zero-order chi connectivity index (χ0) is 14.7. The molecule has 0 heterocycles. The summed E-state index contributed by atoms with van der Waals surface area (Å²) < 4.78 is 18.7. The van der Waals surface area contributed by atoms with E-state index in [-0.39, 0.29) is 5.82 Å². The van der Waals surface area contributed by atoms with Crippen LogP contribution in [0.3, 0.4) is 0 Å². The van der Waals surface area contributed by atoms with Crippen LogP contribution >= 0.6 is 0 Å². The minimum atomic E-state index is -0.330. The molecule has 0 atom stereocenters. The molecule has 0 aliphatic rings. The van der Waals surface area contributed by atoms with Crippen molar-refractivity contribution in [3.63, 3.8) is 0 Å². The topological polar surface area (TPSA) is 35.2 Å². The van der Waals surface area contributed by atoms with Crippen LogP contribution in [0.2, 0.25) is 0 Å². The van der Waals surface area contributed by atoms with Crippen molar-refractivity contribution >= 4 is 5.69 Å². The Hall–Kier alpha value is -2.03. The van der Waals surface area contributed by atoms with Crippen LogP contribution in [0.15, 0.2) is 36.4 Å². The summed E-state index contributed by atoms with van der Waals surface area (Å²) in [7, 11) is 0. The number of hydrogen-bond donors (Lipinski definition) is 1. The SMILES string of the molecule is Cc1cc(OCc2ccc(F)cc2N)ccc1C(C)C. The van der Waals surface area contributed by atoms with E-state index in [0.29, 0.717) is 18.2 Å². The average Bonchev–Trinajstić information content (AvgIpc) is 2.37. The highest BCUT2D eigenvalue weighted by atomic mass is 19.1. The first-order valence-electron chi connectivity index (χ1n) is 6.74. The molecule has 2 rings (SSSR count). The number of aryl methyl sites for hydroxylation is 1. The second-order valence-electron chi connectivity index (χ2n) is 5.30. The van der Waals surface area contributed by atoms with Crippen molar-refractivity contribution in [2.45, 2.75) is 33.3 Å². The summed E-state index contributed by atoms with van der Waals surface area (Å²) in [5.41, 5.74) is 9.50. The lowest BCUT2D eigenvalue weighted by molar-refractivity contribution is 0.306. The molecule has 20 heavy (non-hydrogen) atoms. The second-order valence-corrected chi connectivity index (χ2v) is 5.30. The third-order valence-electron chi connectivity index (χ3n) is 3.37. The zero-order valence-corrected chi connectivity index (χ0v) is 12.1. The maximum Gasteiger partial charge on any atom is 0.125 e. The number of benzene rings is 2. The van der Waals surface area contributed by atoms with Crippen molar-refractivity contribution < 1.29 is 9.13 Å². The summed E-state index contributed by atoms with van der Waals surface area (Å²) in [4.78, 5) is 0. The van der Waals surface area contributed by atoms with Crippen LogP contribution in [-0.2, 0) is 6.61 Å². The number of anilines is 1. The molecule has 0 radical (unpaired) electrons. The van der Waals surface area contributed by atoms with Gasteiger partial charge in [-0.05, 0) is 48.2 Å². The van der Waals surface area contributed by atoms with Gasteiger partial charge < -0.3 is 10.5 Å². The molecule has 2 N–H and O–H groups in total. The summed E-state index contributed by atoms with van der Waals surface area (Å²) in [5, 5.41) is 0. The largest absolute Gasteiger partial charge is 0.489 e. The fourth-order valence-corrected chi connectivity index (χ4v) is 2.24. The molecular formula is C17H20FNO. The molecule has 0 bridgehead atoms. The van der Waals surface area contributed by atoms with Gasteiger partial charge in [0.2, 0.25) is 0 Å². The van der Waals surface area contributed by atoms with Gasteiger partial charge >= 0.3 is 0 Å². The predicted molar refractivity (Wildman–Crippen MR) is 80.4 cm³/mol. The highest BCUT2D eigenvalue weighted by Crippen LogP contribution is 2.24. The van der Waals surface area contributed by atoms with Gasteiger partial charge in [0.25, 0.3) is 0 Å². The monoisotopic (exact) mass is 273 g/mol. The molecule has 0 saturated carbocycles. The van der Waals surface area contributed by atoms with Gasteiger partial charge in [-0.15, -0.1) is 0 Å². The number of hydrogen-bond acceptors (Lipinski definition) is 2. The Morgan fingerprint density at radius 2 is 1.90 bits per heavy atom. The van der Waals surface area contributed by atoms with Crippen molar-refractivity contribution in [3.8, 4) is 5.75 Å². The Labute approximate surface area is 119 Å². The van der Waals surface area contributed by atoms with Gasteiger partial charge in [0, 0.05) is 11.3 Å². The number of ether oxygens (including phenoxy) is 1. The number of rotatable bonds is 4. The van der Waals surface area contributed by atoms with Crippen LogP contribution in [0, 0.1) is 12.7 Å². The van der Waals surface area contributed by atoms with E-state index in [9.17, 15) is 4.39 Å². The summed E-state index contributed by atoms with van der Waals surface area (Å²) in [5.74, 6) is 0.968. The van der Waals surface area contributed by atoms with E-state index >= 15 is 0 Å². The van der Waals surface area contributed by atoms with Crippen LogP contribution in [0.1, 0.15) is 36.5 Å². The third kappa shape index (κ3) is 3.29. The van der Waals surface area contributed by atoms with E-state index in [1.54, 1.807) is 6.07 Å². The van der Waals surface area contributed by atoms with E-state index in [1.165, 1.54) is 23.3 Å². The predicted octanol–water partition coefficient (Wildman–Crippen LogP) is 4.42.